The second-order valence-electron chi connectivity index (χ2n) is 5.00. The van der Waals surface area contributed by atoms with Crippen LogP contribution in [0.1, 0.15) is 6.23 Å². The van der Waals surface area contributed by atoms with Crippen LogP contribution in [0, 0.1) is 5.41 Å². The molecular weight excluding hydrogens is 388 g/mol. The SMILES string of the molecule is N=c1ccn2c(n1)S[C@H]1[C@H](OP(=O)(O)O)[C@@H](COP(=O)(O)O)O[C@H]12. The van der Waals surface area contributed by atoms with Gasteiger partial charge in [0.15, 0.2) is 11.4 Å². The molecule has 1 saturated heterocycles. The highest BCUT2D eigenvalue weighted by atomic mass is 32.2. The summed E-state index contributed by atoms with van der Waals surface area (Å²) in [4.78, 5) is 39.7. The largest absolute Gasteiger partial charge is 0.469 e. The monoisotopic (exact) mass is 401 g/mol. The molecule has 2 aliphatic heterocycles. The lowest BCUT2D eigenvalue weighted by Crippen LogP contribution is -2.33. The molecule has 1 aromatic rings. The molecule has 4 atom stereocenters. The maximum atomic E-state index is 11.2. The van der Waals surface area contributed by atoms with Crippen LogP contribution in [0.4, 0.5) is 0 Å². The van der Waals surface area contributed by atoms with Crippen LogP contribution in [0.25, 0.3) is 0 Å². The third-order valence-corrected chi connectivity index (χ3v) is 5.59. The Morgan fingerprint density at radius 1 is 1.33 bits per heavy atom. The van der Waals surface area contributed by atoms with Crippen molar-refractivity contribution in [1.29, 1.82) is 5.41 Å². The molecule has 0 bridgehead atoms. The third-order valence-electron chi connectivity index (χ3n) is 3.30. The van der Waals surface area contributed by atoms with E-state index in [4.69, 9.17) is 34.2 Å². The number of rotatable bonds is 5. The Morgan fingerprint density at radius 3 is 2.67 bits per heavy atom. The Hall–Kier alpha value is -0.590. The molecule has 24 heavy (non-hydrogen) atoms. The summed E-state index contributed by atoms with van der Waals surface area (Å²) in [5, 5.41) is 7.28. The summed E-state index contributed by atoms with van der Waals surface area (Å²) in [6, 6.07) is 1.41. The second-order valence-corrected chi connectivity index (χ2v) is 8.57. The molecule has 1 aromatic heterocycles. The molecule has 1 fully saturated rings. The summed E-state index contributed by atoms with van der Waals surface area (Å²) in [5.41, 5.74) is 0.0163. The Balaban J connectivity index is 1.86. The van der Waals surface area contributed by atoms with Gasteiger partial charge in [-0.1, -0.05) is 11.8 Å². The fourth-order valence-corrected chi connectivity index (χ4v) is 4.83. The molecule has 0 aromatic carbocycles. The summed E-state index contributed by atoms with van der Waals surface area (Å²) in [5.74, 6) is 0. The van der Waals surface area contributed by atoms with Crippen LogP contribution in [-0.2, 0) is 22.9 Å². The fourth-order valence-electron chi connectivity index (χ4n) is 2.46. The molecule has 0 amide bonds. The van der Waals surface area contributed by atoms with Crippen LogP contribution < -0.4 is 5.49 Å². The molecule has 12 nitrogen and oxygen atoms in total. The van der Waals surface area contributed by atoms with Gasteiger partial charge in [0.2, 0.25) is 0 Å². The number of nitrogens with one attached hydrogen (secondary N) is 1. The van der Waals surface area contributed by atoms with Gasteiger partial charge < -0.3 is 24.3 Å². The molecule has 0 saturated carbocycles. The van der Waals surface area contributed by atoms with Gasteiger partial charge in [-0.2, -0.15) is 0 Å². The highest BCUT2D eigenvalue weighted by Gasteiger charge is 2.53. The Labute approximate surface area is 138 Å². The van der Waals surface area contributed by atoms with E-state index in [2.05, 4.69) is 9.51 Å². The summed E-state index contributed by atoms with van der Waals surface area (Å²) >= 11 is 1.10. The van der Waals surface area contributed by atoms with Gasteiger partial charge in [0.1, 0.15) is 17.7 Å². The normalized spacial score (nSPS) is 29.5. The molecular formula is C9H13N3O9P2S. The first-order chi connectivity index (χ1) is 11.0. The van der Waals surface area contributed by atoms with E-state index < -0.39 is 45.9 Å². The van der Waals surface area contributed by atoms with Crippen molar-refractivity contribution in [3.8, 4) is 0 Å². The zero-order valence-electron chi connectivity index (χ0n) is 11.7. The van der Waals surface area contributed by atoms with Gasteiger partial charge in [-0.3, -0.25) is 19.0 Å². The number of phosphoric acid groups is 2. The quantitative estimate of drug-likeness (QED) is 0.311. The molecule has 134 valence electrons. The highest BCUT2D eigenvalue weighted by molar-refractivity contribution is 8.00. The maximum absolute atomic E-state index is 11.2. The smallest absolute Gasteiger partial charge is 0.348 e. The topological polar surface area (TPSA) is 184 Å². The van der Waals surface area contributed by atoms with Crippen molar-refractivity contribution in [2.45, 2.75) is 28.8 Å². The summed E-state index contributed by atoms with van der Waals surface area (Å²) < 4.78 is 38.3. The number of hydrogen-bond donors (Lipinski definition) is 5. The van der Waals surface area contributed by atoms with Crippen molar-refractivity contribution >= 4 is 27.4 Å². The number of phosphoric ester groups is 2. The molecule has 0 unspecified atom stereocenters. The zero-order chi connectivity index (χ0) is 17.7. The number of ether oxygens (including phenoxy) is 1. The minimum absolute atomic E-state index is 0.0163. The van der Waals surface area contributed by atoms with E-state index >= 15 is 0 Å². The predicted molar refractivity (Wildman–Crippen MR) is 76.5 cm³/mol. The van der Waals surface area contributed by atoms with E-state index in [-0.39, 0.29) is 5.49 Å². The molecule has 5 N–H and O–H groups in total. The van der Waals surface area contributed by atoms with Crippen LogP contribution in [0.15, 0.2) is 17.4 Å². The molecule has 0 aliphatic carbocycles. The predicted octanol–water partition coefficient (Wildman–Crippen LogP) is -0.679. The molecule has 0 radical (unpaired) electrons. The number of thioether (sulfide) groups is 1. The number of fused-ring (bicyclic) bond motifs is 3. The van der Waals surface area contributed by atoms with Crippen molar-refractivity contribution < 1.29 is 42.5 Å². The zero-order valence-corrected chi connectivity index (χ0v) is 14.3. The first kappa shape index (κ1) is 18.2. The number of hydrogen-bond acceptors (Lipinski definition) is 8. The third kappa shape index (κ3) is 3.97. The van der Waals surface area contributed by atoms with Crippen molar-refractivity contribution in [2.75, 3.05) is 6.61 Å². The van der Waals surface area contributed by atoms with E-state index in [0.29, 0.717) is 5.16 Å². The average molecular weight is 401 g/mol. The maximum Gasteiger partial charge on any atom is 0.469 e. The van der Waals surface area contributed by atoms with Gasteiger partial charge in [0.25, 0.3) is 0 Å². The molecule has 15 heteroatoms. The van der Waals surface area contributed by atoms with Crippen LogP contribution in [0.2, 0.25) is 0 Å². The van der Waals surface area contributed by atoms with Gasteiger partial charge in [-0.15, -0.1) is 0 Å². The van der Waals surface area contributed by atoms with E-state index in [0.717, 1.165) is 11.8 Å². The summed E-state index contributed by atoms with van der Waals surface area (Å²) in [6.45, 7) is -0.609. The first-order valence-corrected chi connectivity index (χ1v) is 10.4. The standard InChI is InChI=1S/C9H13N3O9P2S/c10-5-1-2-12-8-7(24-9(12)11-5)6(21-23(16,17)18)4(20-8)3-19-22(13,14)15/h1-2,4,6-8,10H,3H2,(H2,13,14,15)(H2,16,17,18)/t4-,6-,7+,8-/m1/s1. The van der Waals surface area contributed by atoms with Crippen molar-refractivity contribution in [3.05, 3.63) is 17.8 Å². The van der Waals surface area contributed by atoms with Gasteiger partial charge in [0.05, 0.1) is 11.9 Å². The second kappa shape index (κ2) is 6.29. The van der Waals surface area contributed by atoms with E-state index in [1.807, 2.05) is 0 Å². The average Bonchev–Trinajstić information content (AvgIpc) is 2.91. The van der Waals surface area contributed by atoms with Gasteiger partial charge >= 0.3 is 15.6 Å². The van der Waals surface area contributed by atoms with E-state index in [1.165, 1.54) is 12.3 Å². The minimum Gasteiger partial charge on any atom is -0.348 e. The molecule has 3 rings (SSSR count). The van der Waals surface area contributed by atoms with E-state index in [1.54, 1.807) is 4.57 Å². The highest BCUT2D eigenvalue weighted by Crippen LogP contribution is 2.52. The lowest BCUT2D eigenvalue weighted by Gasteiger charge is -2.22. The van der Waals surface area contributed by atoms with Gasteiger partial charge in [-0.25, -0.2) is 14.1 Å². The Bertz CT molecular complexity index is 791. The first-order valence-electron chi connectivity index (χ1n) is 6.43. The van der Waals surface area contributed by atoms with Crippen molar-refractivity contribution in [1.82, 2.24) is 9.55 Å². The van der Waals surface area contributed by atoms with Crippen LogP contribution in [-0.4, -0.2) is 53.2 Å². The molecule has 0 spiro atoms. The van der Waals surface area contributed by atoms with Crippen LogP contribution >= 0.6 is 27.4 Å². The van der Waals surface area contributed by atoms with Crippen LogP contribution in [0.3, 0.4) is 0 Å². The Kier molecular flexibility index (Phi) is 4.77. The van der Waals surface area contributed by atoms with Crippen molar-refractivity contribution in [2.24, 2.45) is 0 Å². The summed E-state index contributed by atoms with van der Waals surface area (Å²) in [7, 11) is -9.66. The van der Waals surface area contributed by atoms with Crippen LogP contribution in [0.5, 0.6) is 0 Å². The molecule has 2 aliphatic rings. The van der Waals surface area contributed by atoms with Crippen molar-refractivity contribution in [3.63, 3.8) is 0 Å². The lowest BCUT2D eigenvalue weighted by molar-refractivity contribution is -0.0451. The minimum atomic E-state index is -4.88. The number of nitrogens with zero attached hydrogens (tertiary/aromatic N) is 2. The lowest BCUT2D eigenvalue weighted by atomic mass is 10.2. The summed E-state index contributed by atoms with van der Waals surface area (Å²) in [6.07, 6.45) is -1.49. The Morgan fingerprint density at radius 2 is 2.04 bits per heavy atom. The van der Waals surface area contributed by atoms with E-state index in [9.17, 15) is 9.13 Å². The van der Waals surface area contributed by atoms with Gasteiger partial charge in [-0.05, 0) is 6.07 Å². The van der Waals surface area contributed by atoms with Gasteiger partial charge in [0, 0.05) is 6.20 Å². The number of aromatic nitrogens is 2. The molecule has 3 heterocycles. The fraction of sp³-hybridized carbons (Fsp3) is 0.556.